The van der Waals surface area contributed by atoms with Crippen LogP contribution in [0.1, 0.15) is 36.0 Å². The van der Waals surface area contributed by atoms with E-state index in [0.29, 0.717) is 23.4 Å². The van der Waals surface area contributed by atoms with E-state index < -0.39 is 0 Å². The second-order valence-corrected chi connectivity index (χ2v) is 6.38. The number of hydrogen-bond donors (Lipinski definition) is 3. The number of pyridine rings is 1. The van der Waals surface area contributed by atoms with Crippen LogP contribution in [-0.2, 0) is 4.79 Å². The minimum atomic E-state index is -0.220. The first-order valence-electron chi connectivity index (χ1n) is 8.48. The molecule has 4 N–H and O–H groups in total. The number of carbonyl (C=O) groups excluding carboxylic acids is 2. The largest absolute Gasteiger partial charge is 0.327 e. The van der Waals surface area contributed by atoms with E-state index in [-0.39, 0.29) is 48.6 Å². The fraction of sp³-hybridized carbons (Fsp3) is 0.316. The van der Waals surface area contributed by atoms with Gasteiger partial charge in [-0.25, -0.2) is 0 Å². The van der Waals surface area contributed by atoms with Crippen molar-refractivity contribution in [2.24, 2.45) is 11.7 Å². The van der Waals surface area contributed by atoms with Gasteiger partial charge < -0.3 is 16.4 Å². The van der Waals surface area contributed by atoms with E-state index in [1.165, 1.54) is 0 Å². The Morgan fingerprint density at radius 2 is 1.78 bits per heavy atom. The molecule has 0 radical (unpaired) electrons. The van der Waals surface area contributed by atoms with Crippen LogP contribution in [0.15, 0.2) is 48.8 Å². The third-order valence-electron chi connectivity index (χ3n) is 4.52. The van der Waals surface area contributed by atoms with Gasteiger partial charge in [-0.15, -0.1) is 24.8 Å². The molecule has 0 saturated heterocycles. The zero-order chi connectivity index (χ0) is 17.6. The molecule has 3 rings (SSSR count). The van der Waals surface area contributed by atoms with Crippen LogP contribution in [0.5, 0.6) is 0 Å². The van der Waals surface area contributed by atoms with Crippen LogP contribution in [0.2, 0.25) is 0 Å². The number of aromatic nitrogens is 1. The predicted molar refractivity (Wildman–Crippen MR) is 112 cm³/mol. The molecule has 0 aliphatic heterocycles. The van der Waals surface area contributed by atoms with E-state index >= 15 is 0 Å². The Kier molecular flexibility index (Phi) is 9.21. The molecule has 1 fully saturated rings. The maximum atomic E-state index is 12.2. The molecule has 1 saturated carbocycles. The van der Waals surface area contributed by atoms with E-state index in [4.69, 9.17) is 5.73 Å². The van der Waals surface area contributed by atoms with Crippen LogP contribution < -0.4 is 16.4 Å². The summed E-state index contributed by atoms with van der Waals surface area (Å²) in [6.45, 7) is 0. The number of benzene rings is 1. The Hall–Kier alpha value is -2.15. The Bertz CT molecular complexity index is 741. The normalized spacial score (nSPS) is 18.0. The molecule has 2 atom stereocenters. The summed E-state index contributed by atoms with van der Waals surface area (Å²) >= 11 is 0. The smallest absolute Gasteiger partial charge is 0.255 e. The van der Waals surface area contributed by atoms with E-state index in [2.05, 4.69) is 15.6 Å². The van der Waals surface area contributed by atoms with Gasteiger partial charge >= 0.3 is 0 Å². The number of rotatable bonds is 5. The van der Waals surface area contributed by atoms with Crippen molar-refractivity contribution in [3.8, 4) is 0 Å². The zero-order valence-electron chi connectivity index (χ0n) is 14.8. The Morgan fingerprint density at radius 1 is 1.04 bits per heavy atom. The topological polar surface area (TPSA) is 97.1 Å². The zero-order valence-corrected chi connectivity index (χ0v) is 16.4. The summed E-state index contributed by atoms with van der Waals surface area (Å²) in [7, 11) is 0. The van der Waals surface area contributed by atoms with E-state index in [9.17, 15) is 9.59 Å². The number of hydrogen-bond acceptors (Lipinski definition) is 4. The van der Waals surface area contributed by atoms with Crippen molar-refractivity contribution in [2.75, 3.05) is 10.6 Å². The van der Waals surface area contributed by atoms with Crippen molar-refractivity contribution in [1.82, 2.24) is 4.98 Å². The lowest BCUT2D eigenvalue weighted by atomic mass is 10.00. The van der Waals surface area contributed by atoms with Crippen molar-refractivity contribution in [1.29, 1.82) is 0 Å². The standard InChI is InChI=1S/C19H22N4O2.2ClH/c20-17-5-1-3-14(17)11-18(24)22-15-8-6-13(7-9-15)19(25)23-16-4-2-10-21-12-16;;/h2,4,6-10,12,14,17H,1,3,5,11,20H2,(H,22,24)(H,23,25);2*1H/t14-,17+;;/m0../s1. The molecule has 0 bridgehead atoms. The SMILES string of the molecule is Cl.Cl.N[C@@H]1CCC[C@H]1CC(=O)Nc1ccc(C(=O)Nc2cccnc2)cc1. The molecule has 1 aliphatic rings. The molecule has 146 valence electrons. The van der Waals surface area contributed by atoms with Crippen molar-refractivity contribution in [3.63, 3.8) is 0 Å². The van der Waals surface area contributed by atoms with Crippen molar-refractivity contribution < 1.29 is 9.59 Å². The highest BCUT2D eigenvalue weighted by molar-refractivity contribution is 6.04. The monoisotopic (exact) mass is 410 g/mol. The Labute approximate surface area is 171 Å². The molecule has 2 aromatic rings. The van der Waals surface area contributed by atoms with Gasteiger partial charge in [0, 0.05) is 29.9 Å². The fourth-order valence-corrected chi connectivity index (χ4v) is 3.11. The number of nitrogens with two attached hydrogens (primary N) is 1. The highest BCUT2D eigenvalue weighted by Gasteiger charge is 2.26. The second kappa shape index (κ2) is 10.9. The molecule has 2 amide bonds. The molecule has 1 aromatic heterocycles. The molecule has 8 heteroatoms. The first-order chi connectivity index (χ1) is 12.1. The van der Waals surface area contributed by atoms with Gasteiger partial charge in [0.05, 0.1) is 11.9 Å². The van der Waals surface area contributed by atoms with Gasteiger partial charge in [-0.05, 0) is 55.2 Å². The third-order valence-corrected chi connectivity index (χ3v) is 4.52. The number of halogens is 2. The van der Waals surface area contributed by atoms with Crippen molar-refractivity contribution in [3.05, 3.63) is 54.4 Å². The second-order valence-electron chi connectivity index (χ2n) is 6.38. The number of amides is 2. The summed E-state index contributed by atoms with van der Waals surface area (Å²) in [5.74, 6) is 0.0160. The molecule has 1 aliphatic carbocycles. The van der Waals surface area contributed by atoms with Crippen LogP contribution in [-0.4, -0.2) is 22.8 Å². The maximum Gasteiger partial charge on any atom is 0.255 e. The lowest BCUT2D eigenvalue weighted by molar-refractivity contribution is -0.117. The van der Waals surface area contributed by atoms with Crippen LogP contribution in [0.25, 0.3) is 0 Å². The molecule has 1 aromatic carbocycles. The van der Waals surface area contributed by atoms with Crippen LogP contribution in [0.3, 0.4) is 0 Å². The van der Waals surface area contributed by atoms with Gasteiger partial charge in [0.15, 0.2) is 0 Å². The third kappa shape index (κ3) is 6.50. The van der Waals surface area contributed by atoms with Gasteiger partial charge in [-0.3, -0.25) is 14.6 Å². The molecular formula is C19H24Cl2N4O2. The average Bonchev–Trinajstić information content (AvgIpc) is 3.01. The summed E-state index contributed by atoms with van der Waals surface area (Å²) in [6, 6.07) is 10.5. The number of anilines is 2. The number of nitrogens with zero attached hydrogens (tertiary/aromatic N) is 1. The minimum absolute atomic E-state index is 0. The quantitative estimate of drug-likeness (QED) is 0.700. The maximum absolute atomic E-state index is 12.2. The summed E-state index contributed by atoms with van der Waals surface area (Å²) in [4.78, 5) is 28.2. The van der Waals surface area contributed by atoms with Gasteiger partial charge in [-0.2, -0.15) is 0 Å². The Balaban J connectivity index is 0.00000182. The van der Waals surface area contributed by atoms with Gasteiger partial charge in [0.2, 0.25) is 5.91 Å². The molecule has 1 heterocycles. The van der Waals surface area contributed by atoms with Crippen LogP contribution in [0.4, 0.5) is 11.4 Å². The highest BCUT2D eigenvalue weighted by Crippen LogP contribution is 2.27. The lowest BCUT2D eigenvalue weighted by Crippen LogP contribution is -2.28. The van der Waals surface area contributed by atoms with Crippen molar-refractivity contribution in [2.45, 2.75) is 31.7 Å². The summed E-state index contributed by atoms with van der Waals surface area (Å²) in [5, 5.41) is 5.64. The first kappa shape index (κ1) is 22.9. The van der Waals surface area contributed by atoms with E-state index in [0.717, 1.165) is 19.3 Å². The number of nitrogens with one attached hydrogen (secondary N) is 2. The van der Waals surface area contributed by atoms with Crippen molar-refractivity contribution >= 4 is 48.0 Å². The summed E-state index contributed by atoms with van der Waals surface area (Å²) in [5.41, 5.74) is 7.83. The van der Waals surface area contributed by atoms with E-state index in [1.54, 1.807) is 48.8 Å². The lowest BCUT2D eigenvalue weighted by Gasteiger charge is -2.14. The van der Waals surface area contributed by atoms with Crippen LogP contribution in [0, 0.1) is 5.92 Å². The summed E-state index contributed by atoms with van der Waals surface area (Å²) < 4.78 is 0. The predicted octanol–water partition coefficient (Wildman–Crippen LogP) is 3.63. The van der Waals surface area contributed by atoms with Gasteiger partial charge in [0.1, 0.15) is 0 Å². The van der Waals surface area contributed by atoms with Crippen LogP contribution >= 0.6 is 24.8 Å². The molecular weight excluding hydrogens is 387 g/mol. The van der Waals surface area contributed by atoms with E-state index in [1.807, 2.05) is 0 Å². The first-order valence-corrected chi connectivity index (χ1v) is 8.48. The fourth-order valence-electron chi connectivity index (χ4n) is 3.11. The molecule has 6 nitrogen and oxygen atoms in total. The Morgan fingerprint density at radius 3 is 2.37 bits per heavy atom. The molecule has 27 heavy (non-hydrogen) atoms. The number of carbonyl (C=O) groups is 2. The average molecular weight is 411 g/mol. The minimum Gasteiger partial charge on any atom is -0.327 e. The summed E-state index contributed by atoms with van der Waals surface area (Å²) in [6.07, 6.45) is 6.79. The van der Waals surface area contributed by atoms with Gasteiger partial charge in [0.25, 0.3) is 5.91 Å². The highest BCUT2D eigenvalue weighted by atomic mass is 35.5. The van der Waals surface area contributed by atoms with Gasteiger partial charge in [-0.1, -0.05) is 6.42 Å². The molecule has 0 unspecified atom stereocenters. The molecule has 0 spiro atoms.